The summed E-state index contributed by atoms with van der Waals surface area (Å²) >= 11 is 0. The normalized spacial score (nSPS) is 14.7. The molecule has 1 fully saturated rings. The van der Waals surface area contributed by atoms with Crippen LogP contribution in [0.3, 0.4) is 0 Å². The predicted octanol–water partition coefficient (Wildman–Crippen LogP) is 4.10. The van der Waals surface area contributed by atoms with Gasteiger partial charge in [0.1, 0.15) is 6.04 Å². The van der Waals surface area contributed by atoms with Crippen LogP contribution in [0.5, 0.6) is 17.2 Å². The van der Waals surface area contributed by atoms with Crippen LogP contribution >= 0.6 is 0 Å². The summed E-state index contributed by atoms with van der Waals surface area (Å²) in [5.74, 6) is 0.818. The molecule has 0 spiro atoms. The first-order valence-electron chi connectivity index (χ1n) is 11.1. The number of rotatable bonds is 9. The maximum Gasteiger partial charge on any atom is 0.337 e. The maximum atomic E-state index is 13.4. The lowest BCUT2D eigenvalue weighted by molar-refractivity contribution is -0.122. The molecule has 1 amide bonds. The zero-order chi connectivity index (χ0) is 23.8. The van der Waals surface area contributed by atoms with Crippen LogP contribution in [0.4, 0.5) is 5.69 Å². The van der Waals surface area contributed by atoms with E-state index in [-0.39, 0.29) is 11.9 Å². The summed E-state index contributed by atoms with van der Waals surface area (Å²) < 4.78 is 21.2. The first-order chi connectivity index (χ1) is 16.0. The number of esters is 1. The summed E-state index contributed by atoms with van der Waals surface area (Å²) in [4.78, 5) is 25.2. The molecule has 8 nitrogen and oxygen atoms in total. The molecule has 1 aliphatic rings. The molecule has 1 saturated carbocycles. The Labute approximate surface area is 194 Å². The Kier molecular flexibility index (Phi) is 8.40. The van der Waals surface area contributed by atoms with Gasteiger partial charge < -0.3 is 29.6 Å². The van der Waals surface area contributed by atoms with Crippen molar-refractivity contribution in [1.29, 1.82) is 0 Å². The zero-order valence-corrected chi connectivity index (χ0v) is 19.6. The van der Waals surface area contributed by atoms with E-state index < -0.39 is 12.0 Å². The van der Waals surface area contributed by atoms with Gasteiger partial charge >= 0.3 is 5.97 Å². The molecule has 2 N–H and O–H groups in total. The van der Waals surface area contributed by atoms with Gasteiger partial charge in [0.05, 0.1) is 34.0 Å². The minimum atomic E-state index is -0.718. The van der Waals surface area contributed by atoms with Gasteiger partial charge in [0.15, 0.2) is 11.5 Å². The third-order valence-electron chi connectivity index (χ3n) is 5.85. The second kappa shape index (κ2) is 11.4. The zero-order valence-electron chi connectivity index (χ0n) is 19.6. The van der Waals surface area contributed by atoms with Crippen molar-refractivity contribution in [3.63, 3.8) is 0 Å². The van der Waals surface area contributed by atoms with Gasteiger partial charge in [-0.25, -0.2) is 4.79 Å². The van der Waals surface area contributed by atoms with Gasteiger partial charge in [0, 0.05) is 11.7 Å². The Bertz CT molecular complexity index is 929. The Hall–Kier alpha value is -3.42. The highest BCUT2D eigenvalue weighted by Gasteiger charge is 2.27. The van der Waals surface area contributed by atoms with E-state index in [9.17, 15) is 9.59 Å². The van der Waals surface area contributed by atoms with Gasteiger partial charge in [0.25, 0.3) is 0 Å². The van der Waals surface area contributed by atoms with Crippen LogP contribution in [0, 0.1) is 0 Å². The van der Waals surface area contributed by atoms with Crippen LogP contribution < -0.4 is 24.8 Å². The van der Waals surface area contributed by atoms with Crippen molar-refractivity contribution in [2.24, 2.45) is 0 Å². The molecule has 0 aromatic heterocycles. The molecule has 3 rings (SSSR count). The number of hydrogen-bond acceptors (Lipinski definition) is 7. The van der Waals surface area contributed by atoms with E-state index in [1.807, 2.05) is 0 Å². The van der Waals surface area contributed by atoms with Gasteiger partial charge in [-0.1, -0.05) is 19.3 Å². The highest BCUT2D eigenvalue weighted by atomic mass is 16.5. The smallest absolute Gasteiger partial charge is 0.337 e. The standard InChI is InChI=1S/C25H32N2O6/c1-30-20-14-17(15-21(31-2)23(20)32-3)22(24(28)27-18-8-6-5-7-9-18)26-19-12-10-16(11-13-19)25(29)33-4/h10-15,18,22,26H,5-9H2,1-4H3,(H,27,28). The van der Waals surface area contributed by atoms with Crippen LogP contribution in [0.1, 0.15) is 54.1 Å². The Morgan fingerprint density at radius 2 is 1.48 bits per heavy atom. The van der Waals surface area contributed by atoms with E-state index in [2.05, 4.69) is 10.6 Å². The number of ether oxygens (including phenoxy) is 4. The summed E-state index contributed by atoms with van der Waals surface area (Å²) in [5.41, 5.74) is 1.77. The molecule has 178 valence electrons. The third-order valence-corrected chi connectivity index (χ3v) is 5.85. The first-order valence-corrected chi connectivity index (χ1v) is 11.1. The van der Waals surface area contributed by atoms with E-state index in [1.54, 1.807) is 36.4 Å². The summed E-state index contributed by atoms with van der Waals surface area (Å²) in [6.45, 7) is 0. The Balaban J connectivity index is 1.94. The molecule has 1 unspecified atom stereocenters. The van der Waals surface area contributed by atoms with Crippen molar-refractivity contribution in [3.8, 4) is 17.2 Å². The van der Waals surface area contributed by atoms with E-state index in [0.29, 0.717) is 34.1 Å². The summed E-state index contributed by atoms with van der Waals surface area (Å²) in [5, 5.41) is 6.48. The second-order valence-electron chi connectivity index (χ2n) is 7.95. The maximum absolute atomic E-state index is 13.4. The highest BCUT2D eigenvalue weighted by Crippen LogP contribution is 2.40. The summed E-state index contributed by atoms with van der Waals surface area (Å²) in [6, 6.07) is 9.75. The van der Waals surface area contributed by atoms with Gasteiger partial charge in [-0.2, -0.15) is 0 Å². The van der Waals surface area contributed by atoms with Crippen molar-refractivity contribution >= 4 is 17.6 Å². The monoisotopic (exact) mass is 456 g/mol. The molecule has 8 heteroatoms. The van der Waals surface area contributed by atoms with Gasteiger partial charge in [-0.15, -0.1) is 0 Å². The predicted molar refractivity (Wildman–Crippen MR) is 125 cm³/mol. The number of amides is 1. The molecule has 1 atom stereocenters. The Morgan fingerprint density at radius 3 is 2.00 bits per heavy atom. The van der Waals surface area contributed by atoms with Crippen LogP contribution in [0.15, 0.2) is 36.4 Å². The average molecular weight is 457 g/mol. The average Bonchev–Trinajstić information content (AvgIpc) is 2.86. The molecule has 0 bridgehead atoms. The molecular weight excluding hydrogens is 424 g/mol. The molecule has 0 saturated heterocycles. The lowest BCUT2D eigenvalue weighted by Crippen LogP contribution is -2.41. The van der Waals surface area contributed by atoms with Crippen molar-refractivity contribution in [3.05, 3.63) is 47.5 Å². The van der Waals surface area contributed by atoms with Crippen LogP contribution in [-0.2, 0) is 9.53 Å². The van der Waals surface area contributed by atoms with Crippen LogP contribution in [-0.4, -0.2) is 46.4 Å². The van der Waals surface area contributed by atoms with Crippen LogP contribution in [0.25, 0.3) is 0 Å². The largest absolute Gasteiger partial charge is 0.493 e. The number of benzene rings is 2. The summed E-state index contributed by atoms with van der Waals surface area (Å²) in [7, 11) is 5.95. The first kappa shape index (κ1) is 24.2. The topological polar surface area (TPSA) is 95.1 Å². The third kappa shape index (κ3) is 5.88. The minimum Gasteiger partial charge on any atom is -0.493 e. The molecule has 0 radical (unpaired) electrons. The van der Waals surface area contributed by atoms with Gasteiger partial charge in [0.2, 0.25) is 11.7 Å². The summed E-state index contributed by atoms with van der Waals surface area (Å²) in [6.07, 6.45) is 5.38. The number of carbonyl (C=O) groups excluding carboxylic acids is 2. The van der Waals surface area contributed by atoms with Gasteiger partial charge in [-0.05, 0) is 54.8 Å². The van der Waals surface area contributed by atoms with Crippen molar-refractivity contribution in [2.45, 2.75) is 44.2 Å². The molecule has 2 aromatic rings. The molecule has 1 aliphatic carbocycles. The number of nitrogens with one attached hydrogen (secondary N) is 2. The van der Waals surface area contributed by atoms with E-state index in [4.69, 9.17) is 18.9 Å². The molecule has 0 aliphatic heterocycles. The van der Waals surface area contributed by atoms with Crippen molar-refractivity contribution in [2.75, 3.05) is 33.8 Å². The SMILES string of the molecule is COC(=O)c1ccc(NC(C(=O)NC2CCCCC2)c2cc(OC)c(OC)c(OC)c2)cc1. The molecule has 2 aromatic carbocycles. The lowest BCUT2D eigenvalue weighted by atomic mass is 9.94. The highest BCUT2D eigenvalue weighted by molar-refractivity contribution is 5.90. The van der Waals surface area contributed by atoms with Crippen LogP contribution in [0.2, 0.25) is 0 Å². The number of carbonyl (C=O) groups is 2. The second-order valence-corrected chi connectivity index (χ2v) is 7.95. The Morgan fingerprint density at radius 1 is 0.879 bits per heavy atom. The van der Waals surface area contributed by atoms with E-state index in [0.717, 1.165) is 25.7 Å². The number of hydrogen-bond donors (Lipinski definition) is 2. The lowest BCUT2D eigenvalue weighted by Gasteiger charge is -2.27. The van der Waals surface area contributed by atoms with Crippen molar-refractivity contribution in [1.82, 2.24) is 5.32 Å². The number of anilines is 1. The van der Waals surface area contributed by atoms with Gasteiger partial charge in [-0.3, -0.25) is 4.79 Å². The number of methoxy groups -OCH3 is 4. The molecular formula is C25H32N2O6. The fourth-order valence-corrected chi connectivity index (χ4v) is 4.09. The molecule has 0 heterocycles. The fraction of sp³-hybridized carbons (Fsp3) is 0.440. The van der Waals surface area contributed by atoms with E-state index in [1.165, 1.54) is 34.9 Å². The molecule has 33 heavy (non-hydrogen) atoms. The minimum absolute atomic E-state index is 0.145. The quantitative estimate of drug-likeness (QED) is 0.549. The van der Waals surface area contributed by atoms with E-state index >= 15 is 0 Å². The van der Waals surface area contributed by atoms with Crippen molar-refractivity contribution < 1.29 is 28.5 Å². The fourth-order valence-electron chi connectivity index (χ4n) is 4.09.